The fourth-order valence-corrected chi connectivity index (χ4v) is 7.38. The van der Waals surface area contributed by atoms with Crippen LogP contribution in [0.25, 0.3) is 5.83 Å². The zero-order valence-corrected chi connectivity index (χ0v) is 21.8. The fourth-order valence-electron chi connectivity index (χ4n) is 7.38. The van der Waals surface area contributed by atoms with E-state index < -0.39 is 46.9 Å². The van der Waals surface area contributed by atoms with Gasteiger partial charge in [0.25, 0.3) is 0 Å². The van der Waals surface area contributed by atoms with Gasteiger partial charge in [0.1, 0.15) is 17.3 Å². The van der Waals surface area contributed by atoms with Gasteiger partial charge >= 0.3 is 6.08 Å². The van der Waals surface area contributed by atoms with E-state index in [0.717, 1.165) is 32.4 Å². The zero-order chi connectivity index (χ0) is 28.2. The molecule has 0 radical (unpaired) electrons. The number of halogens is 3. The highest BCUT2D eigenvalue weighted by molar-refractivity contribution is 6.14. The van der Waals surface area contributed by atoms with Gasteiger partial charge in [-0.1, -0.05) is 13.3 Å². The van der Waals surface area contributed by atoms with Crippen LogP contribution in [0.15, 0.2) is 34.8 Å². The lowest BCUT2D eigenvalue weighted by atomic mass is 9.59. The summed E-state index contributed by atoms with van der Waals surface area (Å²) in [4.78, 5) is 28.1. The van der Waals surface area contributed by atoms with Gasteiger partial charge < -0.3 is 21.1 Å². The standard InChI is InChI=1S/C29H33F3N2O5/c1-2-16-20-14(11-19(35)22(16)29(33)39)8-13-9-17-18(24(30)28(31)32)10-15(12-34-6-4-3-5-7-34)25(36)23(17)27(38)21(13)26(20)37/h10,13-14,16,20,35-37H,2-9,11-12H2,1H3,(H2,33,39). The fraction of sp³-hybridized carbons (Fsp3) is 0.517. The number of carbonyl (C=O) groups is 2. The van der Waals surface area contributed by atoms with Gasteiger partial charge in [0, 0.05) is 41.5 Å². The van der Waals surface area contributed by atoms with Crippen LogP contribution in [0.3, 0.4) is 0 Å². The van der Waals surface area contributed by atoms with Crippen molar-refractivity contribution in [2.24, 2.45) is 29.4 Å². The number of ketones is 1. The molecular formula is C29H33F3N2O5. The Morgan fingerprint density at radius 1 is 1.10 bits per heavy atom. The number of aliphatic hydroxyl groups is 2. The number of rotatable bonds is 5. The lowest BCUT2D eigenvalue weighted by Crippen LogP contribution is -2.43. The van der Waals surface area contributed by atoms with Crippen molar-refractivity contribution in [1.29, 1.82) is 0 Å². The quantitative estimate of drug-likeness (QED) is 0.390. The Balaban J connectivity index is 1.65. The van der Waals surface area contributed by atoms with E-state index in [9.17, 15) is 38.1 Å². The summed E-state index contributed by atoms with van der Waals surface area (Å²) in [6.07, 6.45) is 1.12. The number of likely N-dealkylation sites (tertiary alicyclic amines) is 1. The van der Waals surface area contributed by atoms with E-state index in [4.69, 9.17) is 5.73 Å². The lowest BCUT2D eigenvalue weighted by Gasteiger charge is -2.45. The molecule has 4 unspecified atom stereocenters. The minimum Gasteiger partial charge on any atom is -0.512 e. The van der Waals surface area contributed by atoms with E-state index in [2.05, 4.69) is 0 Å². The van der Waals surface area contributed by atoms with Crippen molar-refractivity contribution in [3.63, 3.8) is 0 Å². The number of aliphatic hydroxyl groups excluding tert-OH is 2. The topological polar surface area (TPSA) is 124 Å². The average molecular weight is 547 g/mol. The molecule has 4 aliphatic rings. The third-order valence-corrected chi connectivity index (χ3v) is 9.02. The molecule has 0 aromatic heterocycles. The van der Waals surface area contributed by atoms with Gasteiger partial charge in [-0.3, -0.25) is 14.5 Å². The van der Waals surface area contributed by atoms with Crippen LogP contribution in [0.4, 0.5) is 13.2 Å². The van der Waals surface area contributed by atoms with Gasteiger partial charge in [0.05, 0.1) is 11.1 Å². The molecule has 10 heteroatoms. The average Bonchev–Trinajstić information content (AvgIpc) is 2.89. The molecule has 1 saturated heterocycles. The van der Waals surface area contributed by atoms with Crippen LogP contribution < -0.4 is 5.73 Å². The minimum atomic E-state index is -2.51. The molecule has 5 rings (SSSR count). The number of allylic oxidation sites excluding steroid dienone is 3. The Hall–Kier alpha value is -3.27. The number of carbonyl (C=O) groups excluding carboxylic acids is 2. The molecule has 0 spiro atoms. The summed E-state index contributed by atoms with van der Waals surface area (Å²) in [6.45, 7) is 3.42. The van der Waals surface area contributed by atoms with Crippen LogP contribution in [0.2, 0.25) is 0 Å². The number of phenolic OH excluding ortho intramolecular Hbond substituents is 1. The van der Waals surface area contributed by atoms with Crippen LogP contribution >= 0.6 is 0 Å². The van der Waals surface area contributed by atoms with Crippen molar-refractivity contribution < 1.29 is 38.1 Å². The number of amides is 1. The van der Waals surface area contributed by atoms with Gasteiger partial charge in [-0.25, -0.2) is 4.39 Å². The summed E-state index contributed by atoms with van der Waals surface area (Å²) >= 11 is 0. The smallest absolute Gasteiger partial charge is 0.306 e. The van der Waals surface area contributed by atoms with E-state index in [1.807, 2.05) is 4.90 Å². The number of nitrogens with two attached hydrogens (primary N) is 1. The molecule has 1 heterocycles. The number of piperidine rings is 1. The molecule has 39 heavy (non-hydrogen) atoms. The minimum absolute atomic E-state index is 0.00867. The van der Waals surface area contributed by atoms with E-state index in [-0.39, 0.29) is 70.4 Å². The first kappa shape index (κ1) is 27.3. The molecule has 1 fully saturated rings. The molecule has 0 bridgehead atoms. The third-order valence-electron chi connectivity index (χ3n) is 9.02. The number of hydrogen-bond acceptors (Lipinski definition) is 6. The number of primary amides is 1. The van der Waals surface area contributed by atoms with Crippen molar-refractivity contribution in [3.05, 3.63) is 57.1 Å². The summed E-state index contributed by atoms with van der Waals surface area (Å²) in [6, 6.07) is 1.21. The van der Waals surface area contributed by atoms with Crippen LogP contribution in [0.1, 0.15) is 72.5 Å². The SMILES string of the molecule is CCC1C(C(N)=O)=C(O)CC2CC3Cc4c(C(F)=C(F)F)cc(CN5CCCCC5)c(O)c4C(=O)C3=C(O)C21. The first-order valence-electron chi connectivity index (χ1n) is 13.6. The van der Waals surface area contributed by atoms with Crippen LogP contribution in [-0.4, -0.2) is 45.0 Å². The summed E-state index contributed by atoms with van der Waals surface area (Å²) < 4.78 is 42.0. The van der Waals surface area contributed by atoms with E-state index in [1.165, 1.54) is 6.07 Å². The van der Waals surface area contributed by atoms with Gasteiger partial charge in [0.2, 0.25) is 5.91 Å². The van der Waals surface area contributed by atoms with E-state index >= 15 is 0 Å². The van der Waals surface area contributed by atoms with Crippen LogP contribution in [-0.2, 0) is 17.8 Å². The third kappa shape index (κ3) is 4.52. The van der Waals surface area contributed by atoms with Crippen LogP contribution in [0.5, 0.6) is 5.75 Å². The molecule has 0 saturated carbocycles. The molecule has 7 nitrogen and oxygen atoms in total. The second-order valence-electron chi connectivity index (χ2n) is 11.2. The predicted octanol–water partition coefficient (Wildman–Crippen LogP) is 5.44. The molecule has 4 atom stereocenters. The normalized spacial score (nSPS) is 27.1. The first-order valence-corrected chi connectivity index (χ1v) is 13.6. The summed E-state index contributed by atoms with van der Waals surface area (Å²) in [5.41, 5.74) is 5.11. The Labute approximate surface area is 224 Å². The van der Waals surface area contributed by atoms with Gasteiger partial charge in [-0.2, -0.15) is 8.78 Å². The lowest BCUT2D eigenvalue weighted by molar-refractivity contribution is -0.115. The summed E-state index contributed by atoms with van der Waals surface area (Å²) in [5, 5.41) is 33.3. The Bertz CT molecular complexity index is 1320. The van der Waals surface area contributed by atoms with Crippen molar-refractivity contribution in [2.75, 3.05) is 13.1 Å². The molecule has 5 N–H and O–H groups in total. The largest absolute Gasteiger partial charge is 0.512 e. The molecular weight excluding hydrogens is 513 g/mol. The van der Waals surface area contributed by atoms with Crippen molar-refractivity contribution in [1.82, 2.24) is 4.90 Å². The van der Waals surface area contributed by atoms with Gasteiger partial charge in [-0.05, 0) is 68.7 Å². The molecule has 1 aliphatic heterocycles. The number of phenols is 1. The first-order chi connectivity index (χ1) is 18.5. The van der Waals surface area contributed by atoms with E-state index in [1.54, 1.807) is 6.92 Å². The highest BCUT2D eigenvalue weighted by Crippen LogP contribution is 2.54. The summed E-state index contributed by atoms with van der Waals surface area (Å²) in [5.74, 6) is -6.26. The number of Topliss-reactive ketones (excluding diaryl/α,β-unsaturated/α-hetero) is 1. The number of benzene rings is 1. The summed E-state index contributed by atoms with van der Waals surface area (Å²) in [7, 11) is 0. The number of fused-ring (bicyclic) bond motifs is 3. The van der Waals surface area contributed by atoms with Crippen molar-refractivity contribution >= 4 is 17.5 Å². The Morgan fingerprint density at radius 2 is 1.79 bits per heavy atom. The van der Waals surface area contributed by atoms with Gasteiger partial charge in [-0.15, -0.1) is 0 Å². The van der Waals surface area contributed by atoms with Crippen molar-refractivity contribution in [3.8, 4) is 5.75 Å². The number of aromatic hydroxyl groups is 1. The molecule has 3 aliphatic carbocycles. The van der Waals surface area contributed by atoms with Gasteiger partial charge in [0.15, 0.2) is 11.6 Å². The monoisotopic (exact) mass is 546 g/mol. The number of nitrogens with zero attached hydrogens (tertiary/aromatic N) is 1. The second kappa shape index (κ2) is 10.4. The van der Waals surface area contributed by atoms with Crippen molar-refractivity contribution in [2.45, 2.75) is 58.4 Å². The van der Waals surface area contributed by atoms with E-state index in [0.29, 0.717) is 12.8 Å². The zero-order valence-electron chi connectivity index (χ0n) is 21.8. The maximum Gasteiger partial charge on any atom is 0.306 e. The maximum atomic E-state index is 14.9. The molecule has 1 aromatic rings. The number of hydrogen-bond donors (Lipinski definition) is 4. The maximum absolute atomic E-state index is 14.9. The second-order valence-corrected chi connectivity index (χ2v) is 11.2. The Kier molecular flexibility index (Phi) is 7.26. The highest BCUT2D eigenvalue weighted by atomic mass is 19.3. The Morgan fingerprint density at radius 3 is 2.41 bits per heavy atom. The molecule has 1 amide bonds. The highest BCUT2D eigenvalue weighted by Gasteiger charge is 2.50. The predicted molar refractivity (Wildman–Crippen MR) is 138 cm³/mol. The molecule has 1 aromatic carbocycles. The van der Waals surface area contributed by atoms with Crippen LogP contribution in [0, 0.1) is 23.7 Å². The molecule has 210 valence electrons.